The van der Waals surface area contributed by atoms with Crippen LogP contribution >= 0.6 is 11.6 Å². The Hall–Kier alpha value is -3.58. The number of nitrogens with one attached hydrogen (secondary N) is 1. The number of esters is 1. The summed E-state index contributed by atoms with van der Waals surface area (Å²) in [5.74, 6) is -0.469. The molecular weight excluding hydrogens is 394 g/mol. The number of carbonyl (C=O) groups excluding carboxylic acids is 2. The average Bonchev–Trinajstić information content (AvgIpc) is 3.43. The van der Waals surface area contributed by atoms with Gasteiger partial charge in [-0.2, -0.15) is 0 Å². The topological polar surface area (TPSA) is 84.7 Å². The van der Waals surface area contributed by atoms with Crippen LogP contribution in [0, 0.1) is 0 Å². The first-order chi connectivity index (χ1) is 14.1. The molecule has 1 aliphatic rings. The van der Waals surface area contributed by atoms with Crippen LogP contribution in [0.25, 0.3) is 5.70 Å². The van der Waals surface area contributed by atoms with Gasteiger partial charge in [0.2, 0.25) is 0 Å². The van der Waals surface area contributed by atoms with Gasteiger partial charge in [0.1, 0.15) is 11.8 Å². The van der Waals surface area contributed by atoms with Crippen molar-refractivity contribution in [3.05, 3.63) is 95.2 Å². The second kappa shape index (κ2) is 8.20. The van der Waals surface area contributed by atoms with Crippen LogP contribution in [0.2, 0.25) is 5.02 Å². The highest BCUT2D eigenvalue weighted by atomic mass is 35.5. The monoisotopic (exact) mass is 409 g/mol. The molecule has 0 radical (unpaired) electrons. The number of pyridine rings is 1. The van der Waals surface area contributed by atoms with Crippen molar-refractivity contribution in [2.75, 3.05) is 6.61 Å². The van der Waals surface area contributed by atoms with Gasteiger partial charge in [-0.05, 0) is 48.0 Å². The Labute approximate surface area is 171 Å². The van der Waals surface area contributed by atoms with Crippen LogP contribution in [-0.2, 0) is 9.53 Å². The van der Waals surface area contributed by atoms with E-state index >= 15 is 0 Å². The second-order valence-corrected chi connectivity index (χ2v) is 6.68. The zero-order chi connectivity index (χ0) is 20.2. The van der Waals surface area contributed by atoms with Crippen LogP contribution in [0.4, 0.5) is 0 Å². The quantitative estimate of drug-likeness (QED) is 0.648. The molecule has 3 heterocycles. The number of halogens is 1. The molecule has 1 aromatic carbocycles. The van der Waals surface area contributed by atoms with Gasteiger partial charge in [0.15, 0.2) is 6.61 Å². The van der Waals surface area contributed by atoms with Crippen molar-refractivity contribution in [1.29, 1.82) is 0 Å². The van der Waals surface area contributed by atoms with Gasteiger partial charge >= 0.3 is 5.97 Å². The lowest BCUT2D eigenvalue weighted by molar-refractivity contribution is -0.138. The lowest BCUT2D eigenvalue weighted by Gasteiger charge is -2.23. The maximum absolute atomic E-state index is 12.8. The Morgan fingerprint density at radius 3 is 2.69 bits per heavy atom. The van der Waals surface area contributed by atoms with Gasteiger partial charge in [0.25, 0.3) is 5.91 Å². The van der Waals surface area contributed by atoms with Gasteiger partial charge in [-0.15, -0.1) is 0 Å². The molecule has 1 N–H and O–H groups in total. The van der Waals surface area contributed by atoms with Gasteiger partial charge in [-0.25, -0.2) is 9.80 Å². The van der Waals surface area contributed by atoms with E-state index in [9.17, 15) is 9.59 Å². The summed E-state index contributed by atoms with van der Waals surface area (Å²) in [6.45, 7) is -0.431. The Morgan fingerprint density at radius 2 is 2.00 bits per heavy atom. The van der Waals surface area contributed by atoms with E-state index < -0.39 is 24.5 Å². The molecule has 4 rings (SSSR count). The van der Waals surface area contributed by atoms with E-state index in [2.05, 4.69) is 10.4 Å². The molecule has 0 bridgehead atoms. The van der Waals surface area contributed by atoms with Crippen molar-refractivity contribution < 1.29 is 18.7 Å². The van der Waals surface area contributed by atoms with Crippen molar-refractivity contribution in [3.63, 3.8) is 0 Å². The molecule has 1 atom stereocenters. The van der Waals surface area contributed by atoms with Gasteiger partial charge in [-0.3, -0.25) is 15.2 Å². The van der Waals surface area contributed by atoms with Gasteiger partial charge < -0.3 is 9.15 Å². The van der Waals surface area contributed by atoms with E-state index in [0.717, 1.165) is 11.3 Å². The largest absolute Gasteiger partial charge is 0.467 e. The Bertz CT molecular complexity index is 1030. The first-order valence-corrected chi connectivity index (χ1v) is 9.16. The highest BCUT2D eigenvalue weighted by Crippen LogP contribution is 2.32. The Kier molecular flexibility index (Phi) is 5.31. The van der Waals surface area contributed by atoms with Crippen molar-refractivity contribution in [2.24, 2.45) is 0 Å². The second-order valence-electron chi connectivity index (χ2n) is 6.24. The van der Waals surface area contributed by atoms with Crippen LogP contribution in [0.5, 0.6) is 0 Å². The predicted molar refractivity (Wildman–Crippen MR) is 105 cm³/mol. The summed E-state index contributed by atoms with van der Waals surface area (Å²) >= 11 is 5.96. The molecule has 0 saturated heterocycles. The molecule has 0 unspecified atom stereocenters. The van der Waals surface area contributed by atoms with E-state index in [1.807, 2.05) is 18.2 Å². The summed E-state index contributed by atoms with van der Waals surface area (Å²) in [5, 5.41) is 1.99. The third-order valence-corrected chi connectivity index (χ3v) is 4.58. The third kappa shape index (κ3) is 4.14. The normalized spacial score (nSPS) is 15.6. The minimum atomic E-state index is -0.619. The zero-order valence-corrected chi connectivity index (χ0v) is 15.9. The van der Waals surface area contributed by atoms with E-state index in [1.54, 1.807) is 42.6 Å². The summed E-state index contributed by atoms with van der Waals surface area (Å²) in [6.07, 6.45) is 6.33. The number of hydrazine groups is 1. The molecule has 3 aromatic rings. The summed E-state index contributed by atoms with van der Waals surface area (Å²) in [6, 6.07) is 13.4. The molecule has 0 spiro atoms. The predicted octanol–water partition coefficient (Wildman–Crippen LogP) is 3.61. The van der Waals surface area contributed by atoms with Crippen molar-refractivity contribution in [1.82, 2.24) is 15.4 Å². The van der Waals surface area contributed by atoms with Crippen molar-refractivity contribution in [3.8, 4) is 0 Å². The summed E-state index contributed by atoms with van der Waals surface area (Å²) in [4.78, 5) is 28.8. The molecule has 0 aliphatic carbocycles. The fourth-order valence-corrected chi connectivity index (χ4v) is 3.04. The molecule has 2 aromatic heterocycles. The molecule has 8 heteroatoms. The Morgan fingerprint density at radius 1 is 1.17 bits per heavy atom. The smallest absolute Gasteiger partial charge is 0.340 e. The number of aromatic nitrogens is 1. The number of ether oxygens (including phenoxy) is 1. The third-order valence-electron chi connectivity index (χ3n) is 4.33. The maximum atomic E-state index is 12.8. The van der Waals surface area contributed by atoms with Gasteiger partial charge in [-0.1, -0.05) is 23.7 Å². The lowest BCUT2D eigenvalue weighted by atomic mass is 10.1. The summed E-state index contributed by atoms with van der Waals surface area (Å²) < 4.78 is 10.6. The Balaban J connectivity index is 1.50. The van der Waals surface area contributed by atoms with E-state index in [0.29, 0.717) is 10.8 Å². The lowest BCUT2D eigenvalue weighted by Crippen LogP contribution is -2.41. The number of hydrogen-bond donors (Lipinski definition) is 1. The minimum Gasteiger partial charge on any atom is -0.467 e. The molecule has 0 saturated carbocycles. The highest BCUT2D eigenvalue weighted by Gasteiger charge is 2.33. The first-order valence-electron chi connectivity index (χ1n) is 8.79. The number of furan rings is 1. The average molecular weight is 410 g/mol. The number of rotatable bonds is 5. The van der Waals surface area contributed by atoms with Gasteiger partial charge in [0, 0.05) is 17.4 Å². The van der Waals surface area contributed by atoms with E-state index in [1.165, 1.54) is 17.5 Å². The van der Waals surface area contributed by atoms with Crippen LogP contribution in [-0.4, -0.2) is 28.5 Å². The molecule has 29 heavy (non-hydrogen) atoms. The van der Waals surface area contributed by atoms with Gasteiger partial charge in [0.05, 0.1) is 17.5 Å². The SMILES string of the molecule is O=C(OCC(=O)N1NC(c2ccc(Cl)cc2)=C[C@@H]1c1ccco1)c1cccnc1. The van der Waals surface area contributed by atoms with Crippen LogP contribution < -0.4 is 5.43 Å². The highest BCUT2D eigenvalue weighted by molar-refractivity contribution is 6.30. The molecule has 146 valence electrons. The van der Waals surface area contributed by atoms with Crippen molar-refractivity contribution >= 4 is 29.2 Å². The number of nitrogens with zero attached hydrogens (tertiary/aromatic N) is 2. The van der Waals surface area contributed by atoms with Crippen LogP contribution in [0.15, 0.2) is 77.7 Å². The van der Waals surface area contributed by atoms with E-state index in [4.69, 9.17) is 20.8 Å². The summed E-state index contributed by atoms with van der Waals surface area (Å²) in [7, 11) is 0. The number of amides is 1. The molecular formula is C21H16ClN3O4. The van der Waals surface area contributed by atoms with Crippen LogP contribution in [0.1, 0.15) is 27.7 Å². The zero-order valence-electron chi connectivity index (χ0n) is 15.1. The fourth-order valence-electron chi connectivity index (χ4n) is 2.91. The van der Waals surface area contributed by atoms with E-state index in [-0.39, 0.29) is 5.56 Å². The first kappa shape index (κ1) is 18.8. The molecule has 1 aliphatic heterocycles. The maximum Gasteiger partial charge on any atom is 0.340 e. The molecule has 1 amide bonds. The number of carbonyl (C=O) groups is 2. The molecule has 7 nitrogen and oxygen atoms in total. The standard InChI is InChI=1S/C21H16ClN3O4/c22-16-7-5-14(6-8-16)17-11-18(19-4-2-10-28-19)25(24-17)20(26)13-29-21(27)15-3-1-9-23-12-15/h1-12,18,24H,13H2/t18-/m1/s1. The molecule has 0 fully saturated rings. The number of benzene rings is 1. The summed E-state index contributed by atoms with van der Waals surface area (Å²) in [5.41, 5.74) is 4.91. The number of hydrogen-bond acceptors (Lipinski definition) is 6. The van der Waals surface area contributed by atoms with Crippen molar-refractivity contribution in [2.45, 2.75) is 6.04 Å². The minimum absolute atomic E-state index is 0.275. The van der Waals surface area contributed by atoms with Crippen LogP contribution in [0.3, 0.4) is 0 Å². The fraction of sp³-hybridized carbons (Fsp3) is 0.0952.